The van der Waals surface area contributed by atoms with Crippen molar-refractivity contribution < 1.29 is 18.7 Å². The number of fused-ring (bicyclic) bond motifs is 1. The van der Waals surface area contributed by atoms with Crippen LogP contribution in [0.3, 0.4) is 0 Å². The van der Waals surface area contributed by atoms with Crippen molar-refractivity contribution in [3.63, 3.8) is 0 Å². The molecule has 0 radical (unpaired) electrons. The van der Waals surface area contributed by atoms with Gasteiger partial charge in [0, 0.05) is 13.1 Å². The second kappa shape index (κ2) is 5.07. The van der Waals surface area contributed by atoms with Crippen LogP contribution in [-0.4, -0.2) is 54.1 Å². The lowest BCUT2D eigenvalue weighted by atomic mass is 10.0. The molecular formula is C14H19FN2O3. The van der Waals surface area contributed by atoms with Crippen LogP contribution in [-0.2, 0) is 9.53 Å². The zero-order valence-corrected chi connectivity index (χ0v) is 11.4. The van der Waals surface area contributed by atoms with E-state index in [2.05, 4.69) is 6.58 Å². The predicted octanol–water partition coefficient (Wildman–Crippen LogP) is 1.55. The van der Waals surface area contributed by atoms with Gasteiger partial charge in [-0.25, -0.2) is 9.18 Å². The molecule has 0 N–H and O–H groups in total. The monoisotopic (exact) mass is 282 g/mol. The molecule has 2 atom stereocenters. The van der Waals surface area contributed by atoms with Gasteiger partial charge in [-0.15, -0.1) is 0 Å². The molecule has 2 unspecified atom stereocenters. The molecule has 0 aromatic rings. The van der Waals surface area contributed by atoms with E-state index in [1.165, 1.54) is 24.2 Å². The Balaban J connectivity index is 1.43. The molecule has 2 saturated heterocycles. The van der Waals surface area contributed by atoms with Gasteiger partial charge in [0.1, 0.15) is 6.10 Å². The van der Waals surface area contributed by atoms with Gasteiger partial charge in [-0.3, -0.25) is 4.79 Å². The second-order valence-electron chi connectivity index (χ2n) is 5.98. The number of hydrogen-bond acceptors (Lipinski definition) is 3. The maximum Gasteiger partial charge on any atom is 0.410 e. The number of carbonyl (C=O) groups is 2. The van der Waals surface area contributed by atoms with Crippen molar-refractivity contribution in [1.82, 2.24) is 9.80 Å². The molecule has 2 aliphatic heterocycles. The van der Waals surface area contributed by atoms with Crippen LogP contribution >= 0.6 is 0 Å². The van der Waals surface area contributed by atoms with Crippen LogP contribution in [0, 0.1) is 11.8 Å². The fourth-order valence-electron chi connectivity index (χ4n) is 3.45. The van der Waals surface area contributed by atoms with E-state index >= 15 is 0 Å². The van der Waals surface area contributed by atoms with Crippen LogP contribution in [0.2, 0.25) is 0 Å². The lowest BCUT2D eigenvalue weighted by molar-refractivity contribution is -0.139. The maximum atomic E-state index is 12.6. The Kier molecular flexibility index (Phi) is 3.40. The summed E-state index contributed by atoms with van der Waals surface area (Å²) in [6.07, 6.45) is 3.07. The zero-order chi connectivity index (χ0) is 14.3. The molecule has 3 rings (SSSR count). The number of likely N-dealkylation sites (tertiary alicyclic amines) is 2. The average molecular weight is 282 g/mol. The molecule has 0 aromatic carbocycles. The number of hydrogen-bond donors (Lipinski definition) is 0. The van der Waals surface area contributed by atoms with Gasteiger partial charge in [0.2, 0.25) is 0 Å². The average Bonchev–Trinajstić information content (AvgIpc) is 2.92. The minimum Gasteiger partial charge on any atom is -0.442 e. The molecule has 3 fully saturated rings. The topological polar surface area (TPSA) is 49.9 Å². The fraction of sp³-hybridized carbons (Fsp3) is 0.714. The van der Waals surface area contributed by atoms with Gasteiger partial charge < -0.3 is 14.5 Å². The number of halogens is 1. The molecular weight excluding hydrogens is 263 g/mol. The van der Waals surface area contributed by atoms with E-state index < -0.39 is 11.7 Å². The summed E-state index contributed by atoms with van der Waals surface area (Å²) in [5.74, 6) is -0.413. The summed E-state index contributed by atoms with van der Waals surface area (Å²) in [6, 6.07) is 0. The zero-order valence-electron chi connectivity index (χ0n) is 11.4. The van der Waals surface area contributed by atoms with Crippen molar-refractivity contribution >= 4 is 12.0 Å². The lowest BCUT2D eigenvalue weighted by Crippen LogP contribution is -2.56. The molecule has 2 amide bonds. The van der Waals surface area contributed by atoms with Crippen LogP contribution in [0.1, 0.15) is 19.3 Å². The van der Waals surface area contributed by atoms with E-state index in [4.69, 9.17) is 4.74 Å². The van der Waals surface area contributed by atoms with Crippen LogP contribution in [0.15, 0.2) is 12.4 Å². The van der Waals surface area contributed by atoms with Gasteiger partial charge in [-0.2, -0.15) is 0 Å². The number of ether oxygens (including phenoxy) is 1. The number of carbonyl (C=O) groups excluding carboxylic acids is 2. The molecule has 0 aromatic heterocycles. The normalized spacial score (nSPS) is 29.1. The Morgan fingerprint density at radius 2 is 1.65 bits per heavy atom. The van der Waals surface area contributed by atoms with Crippen molar-refractivity contribution in [1.29, 1.82) is 0 Å². The van der Waals surface area contributed by atoms with Crippen molar-refractivity contribution in [3.8, 4) is 0 Å². The van der Waals surface area contributed by atoms with Gasteiger partial charge in [-0.05, 0) is 24.7 Å². The quantitative estimate of drug-likeness (QED) is 0.722. The van der Waals surface area contributed by atoms with Gasteiger partial charge in [0.25, 0.3) is 5.91 Å². The Labute approximate surface area is 117 Å². The van der Waals surface area contributed by atoms with Crippen LogP contribution in [0.5, 0.6) is 0 Å². The van der Waals surface area contributed by atoms with Crippen LogP contribution < -0.4 is 0 Å². The van der Waals surface area contributed by atoms with E-state index in [-0.39, 0.29) is 25.3 Å². The highest BCUT2D eigenvalue weighted by molar-refractivity contribution is 5.91. The van der Waals surface area contributed by atoms with Gasteiger partial charge >= 0.3 is 6.09 Å². The molecule has 0 spiro atoms. The minimum atomic E-state index is -0.970. The van der Waals surface area contributed by atoms with Gasteiger partial charge in [-0.1, -0.05) is 13.0 Å². The Hall–Kier alpha value is -1.59. The van der Waals surface area contributed by atoms with Crippen LogP contribution in [0.25, 0.3) is 0 Å². The summed E-state index contributed by atoms with van der Waals surface area (Å²) in [5.41, 5.74) is 0. The van der Waals surface area contributed by atoms with E-state index in [1.807, 2.05) is 0 Å². The summed E-state index contributed by atoms with van der Waals surface area (Å²) in [6.45, 7) is 5.07. The van der Waals surface area contributed by atoms with Crippen molar-refractivity contribution in [2.75, 3.05) is 26.2 Å². The van der Waals surface area contributed by atoms with E-state index in [1.54, 1.807) is 4.90 Å². The summed E-state index contributed by atoms with van der Waals surface area (Å²) in [5, 5.41) is 0. The minimum absolute atomic E-state index is 0.258. The Morgan fingerprint density at radius 1 is 1.05 bits per heavy atom. The first-order chi connectivity index (χ1) is 9.54. The SMILES string of the molecule is C=C(F)C(=O)N1CC(OC(=O)N2CC3CCCC3C2)C1. The van der Waals surface area contributed by atoms with Gasteiger partial charge in [0.15, 0.2) is 5.83 Å². The second-order valence-corrected chi connectivity index (χ2v) is 5.98. The first-order valence-corrected chi connectivity index (χ1v) is 7.14. The molecule has 1 saturated carbocycles. The standard InChI is InChI=1S/C14H19FN2O3/c1-9(15)13(18)16-7-12(8-16)20-14(19)17-5-10-3-2-4-11(10)6-17/h10-12H,1-8H2. The summed E-state index contributed by atoms with van der Waals surface area (Å²) in [4.78, 5) is 26.3. The first-order valence-electron chi connectivity index (χ1n) is 7.14. The highest BCUT2D eigenvalue weighted by atomic mass is 19.1. The fourth-order valence-corrected chi connectivity index (χ4v) is 3.45. The largest absolute Gasteiger partial charge is 0.442 e. The Bertz CT molecular complexity index is 436. The third-order valence-corrected chi connectivity index (χ3v) is 4.62. The van der Waals surface area contributed by atoms with Crippen molar-refractivity contribution in [2.45, 2.75) is 25.4 Å². The molecule has 2 heterocycles. The highest BCUT2D eigenvalue weighted by Gasteiger charge is 2.41. The smallest absolute Gasteiger partial charge is 0.410 e. The molecule has 20 heavy (non-hydrogen) atoms. The van der Waals surface area contributed by atoms with Crippen molar-refractivity contribution in [3.05, 3.63) is 12.4 Å². The molecule has 110 valence electrons. The van der Waals surface area contributed by atoms with Crippen LogP contribution in [0.4, 0.5) is 9.18 Å². The number of rotatable bonds is 2. The molecule has 5 nitrogen and oxygen atoms in total. The summed E-state index contributed by atoms with van der Waals surface area (Å²) >= 11 is 0. The van der Waals surface area contributed by atoms with Crippen molar-refractivity contribution in [2.24, 2.45) is 11.8 Å². The number of amides is 2. The summed E-state index contributed by atoms with van der Waals surface area (Å²) < 4.78 is 18.0. The Morgan fingerprint density at radius 3 is 2.20 bits per heavy atom. The van der Waals surface area contributed by atoms with Gasteiger partial charge in [0.05, 0.1) is 13.1 Å². The number of nitrogens with zero attached hydrogens (tertiary/aromatic N) is 2. The summed E-state index contributed by atoms with van der Waals surface area (Å²) in [7, 11) is 0. The molecule has 0 bridgehead atoms. The molecule has 3 aliphatic rings. The van der Waals surface area contributed by atoms with E-state index in [0.717, 1.165) is 13.1 Å². The first kappa shape index (κ1) is 13.4. The highest BCUT2D eigenvalue weighted by Crippen LogP contribution is 2.38. The third-order valence-electron chi connectivity index (χ3n) is 4.62. The molecule has 6 heteroatoms. The third kappa shape index (κ3) is 2.39. The van der Waals surface area contributed by atoms with E-state index in [9.17, 15) is 14.0 Å². The maximum absolute atomic E-state index is 12.6. The van der Waals surface area contributed by atoms with E-state index in [0.29, 0.717) is 11.8 Å². The predicted molar refractivity (Wildman–Crippen MR) is 69.5 cm³/mol. The lowest BCUT2D eigenvalue weighted by Gasteiger charge is -2.38. The molecule has 1 aliphatic carbocycles.